The predicted molar refractivity (Wildman–Crippen MR) is 65.0 cm³/mol. The van der Waals surface area contributed by atoms with E-state index in [2.05, 4.69) is 49.2 Å². The molecule has 1 aliphatic rings. The summed E-state index contributed by atoms with van der Waals surface area (Å²) in [6.07, 6.45) is 2.43. The van der Waals surface area contributed by atoms with Gasteiger partial charge in [0.1, 0.15) is 0 Å². The summed E-state index contributed by atoms with van der Waals surface area (Å²) in [6.45, 7) is 3.05. The molecule has 2 heteroatoms. The van der Waals surface area contributed by atoms with Crippen molar-refractivity contribution in [1.82, 2.24) is 0 Å². The van der Waals surface area contributed by atoms with Gasteiger partial charge in [-0.25, -0.2) is 0 Å². The van der Waals surface area contributed by atoms with Gasteiger partial charge in [0.2, 0.25) is 0 Å². The van der Waals surface area contributed by atoms with Crippen LogP contribution < -0.4 is 10.6 Å². The average molecular weight is 204 g/mol. The van der Waals surface area contributed by atoms with Gasteiger partial charge in [0, 0.05) is 19.3 Å². The molecule has 0 saturated heterocycles. The number of hydrogen-bond acceptors (Lipinski definition) is 2. The second kappa shape index (κ2) is 3.86. The van der Waals surface area contributed by atoms with Crippen molar-refractivity contribution >= 4 is 5.69 Å². The third-order valence-corrected chi connectivity index (χ3v) is 3.69. The van der Waals surface area contributed by atoms with E-state index in [9.17, 15) is 0 Å². The van der Waals surface area contributed by atoms with Crippen LogP contribution in [-0.4, -0.2) is 19.1 Å². The van der Waals surface area contributed by atoms with Gasteiger partial charge in [0.25, 0.3) is 0 Å². The number of rotatable bonds is 3. The van der Waals surface area contributed by atoms with E-state index in [1.807, 2.05) is 0 Å². The van der Waals surface area contributed by atoms with Gasteiger partial charge < -0.3 is 10.6 Å². The van der Waals surface area contributed by atoms with Gasteiger partial charge in [-0.3, -0.25) is 0 Å². The Hall–Kier alpha value is -1.02. The summed E-state index contributed by atoms with van der Waals surface area (Å²) < 4.78 is 0. The molecule has 0 amide bonds. The minimum Gasteiger partial charge on any atom is -0.368 e. The Morgan fingerprint density at radius 1 is 1.33 bits per heavy atom. The number of likely N-dealkylation sites (N-methyl/N-ethyl adjacent to an activating group) is 1. The molecular weight excluding hydrogens is 184 g/mol. The fraction of sp³-hybridized carbons (Fsp3) is 0.538. The van der Waals surface area contributed by atoms with Crippen LogP contribution in [0.15, 0.2) is 30.3 Å². The molecule has 0 spiro atoms. The van der Waals surface area contributed by atoms with E-state index in [-0.39, 0.29) is 5.54 Å². The molecular formula is C13H20N2. The highest BCUT2D eigenvalue weighted by molar-refractivity contribution is 5.49. The summed E-state index contributed by atoms with van der Waals surface area (Å²) in [5.74, 6) is 0.819. The summed E-state index contributed by atoms with van der Waals surface area (Å²) in [5.41, 5.74) is 7.41. The van der Waals surface area contributed by atoms with E-state index in [0.29, 0.717) is 0 Å². The molecule has 1 aliphatic carbocycles. The van der Waals surface area contributed by atoms with Gasteiger partial charge in [-0.1, -0.05) is 25.1 Å². The van der Waals surface area contributed by atoms with Gasteiger partial charge >= 0.3 is 0 Å². The smallest absolute Gasteiger partial charge is 0.0526 e. The van der Waals surface area contributed by atoms with E-state index in [1.54, 1.807) is 0 Å². The second-order valence-electron chi connectivity index (χ2n) is 4.84. The summed E-state index contributed by atoms with van der Waals surface area (Å²) in [5, 5.41) is 0. The van der Waals surface area contributed by atoms with Crippen molar-refractivity contribution in [2.45, 2.75) is 25.3 Å². The first-order valence-electron chi connectivity index (χ1n) is 5.67. The molecule has 1 fully saturated rings. The maximum absolute atomic E-state index is 5.93. The van der Waals surface area contributed by atoms with Crippen molar-refractivity contribution in [3.63, 3.8) is 0 Å². The van der Waals surface area contributed by atoms with Crippen LogP contribution in [-0.2, 0) is 0 Å². The second-order valence-corrected chi connectivity index (χ2v) is 4.84. The van der Waals surface area contributed by atoms with Gasteiger partial charge in [0.05, 0.1) is 5.54 Å². The zero-order valence-corrected chi connectivity index (χ0v) is 9.61. The predicted octanol–water partition coefficient (Wildman–Crippen LogP) is 2.25. The first kappa shape index (κ1) is 10.5. The SMILES string of the molecule is CC1CC(CN)(N(C)c2ccccc2)C1. The van der Waals surface area contributed by atoms with Crippen LogP contribution in [0.2, 0.25) is 0 Å². The van der Waals surface area contributed by atoms with Crippen molar-refractivity contribution in [1.29, 1.82) is 0 Å². The highest BCUT2D eigenvalue weighted by Crippen LogP contribution is 2.42. The van der Waals surface area contributed by atoms with Crippen LogP contribution in [0, 0.1) is 5.92 Å². The van der Waals surface area contributed by atoms with E-state index in [0.717, 1.165) is 12.5 Å². The van der Waals surface area contributed by atoms with Crippen LogP contribution in [0.3, 0.4) is 0 Å². The lowest BCUT2D eigenvalue weighted by Crippen LogP contribution is -2.60. The van der Waals surface area contributed by atoms with Gasteiger partial charge in [-0.05, 0) is 30.9 Å². The Morgan fingerprint density at radius 2 is 1.93 bits per heavy atom. The van der Waals surface area contributed by atoms with Crippen LogP contribution in [0.5, 0.6) is 0 Å². The molecule has 2 N–H and O–H groups in total. The summed E-state index contributed by atoms with van der Waals surface area (Å²) in [7, 11) is 2.16. The first-order valence-corrected chi connectivity index (χ1v) is 5.67. The number of benzene rings is 1. The van der Waals surface area contributed by atoms with E-state index < -0.39 is 0 Å². The first-order chi connectivity index (χ1) is 7.18. The summed E-state index contributed by atoms with van der Waals surface area (Å²) in [4.78, 5) is 2.35. The number of nitrogens with zero attached hydrogens (tertiary/aromatic N) is 1. The topological polar surface area (TPSA) is 29.3 Å². The molecule has 0 aliphatic heterocycles. The average Bonchev–Trinajstić information content (AvgIpc) is 2.25. The Labute approximate surface area is 92.1 Å². The lowest BCUT2D eigenvalue weighted by molar-refractivity contribution is 0.163. The Kier molecular flexibility index (Phi) is 2.70. The standard InChI is InChI=1S/C13H20N2/c1-11-8-13(9-11,10-14)15(2)12-6-4-3-5-7-12/h3-7,11H,8-10,14H2,1-2H3. The Morgan fingerprint density at radius 3 is 2.40 bits per heavy atom. The largest absolute Gasteiger partial charge is 0.368 e. The molecule has 0 aromatic heterocycles. The molecule has 82 valence electrons. The normalized spacial score (nSPS) is 29.7. The molecule has 0 atom stereocenters. The van der Waals surface area contributed by atoms with Crippen molar-refractivity contribution in [3.8, 4) is 0 Å². The monoisotopic (exact) mass is 204 g/mol. The van der Waals surface area contributed by atoms with Crippen molar-refractivity contribution < 1.29 is 0 Å². The minimum atomic E-state index is 0.209. The lowest BCUT2D eigenvalue weighted by Gasteiger charge is -2.52. The Balaban J connectivity index is 2.17. The van der Waals surface area contributed by atoms with Crippen LogP contribution in [0.25, 0.3) is 0 Å². The van der Waals surface area contributed by atoms with Gasteiger partial charge in [0.15, 0.2) is 0 Å². The highest BCUT2D eigenvalue weighted by atomic mass is 15.2. The molecule has 0 radical (unpaired) electrons. The van der Waals surface area contributed by atoms with E-state index in [4.69, 9.17) is 5.73 Å². The highest BCUT2D eigenvalue weighted by Gasteiger charge is 2.44. The zero-order chi connectivity index (χ0) is 10.9. The fourth-order valence-corrected chi connectivity index (χ4v) is 2.74. The van der Waals surface area contributed by atoms with Crippen LogP contribution in [0.1, 0.15) is 19.8 Å². The number of para-hydroxylation sites is 1. The van der Waals surface area contributed by atoms with Gasteiger partial charge in [-0.15, -0.1) is 0 Å². The van der Waals surface area contributed by atoms with Gasteiger partial charge in [-0.2, -0.15) is 0 Å². The lowest BCUT2D eigenvalue weighted by atomic mass is 9.68. The molecule has 1 aromatic carbocycles. The van der Waals surface area contributed by atoms with Crippen LogP contribution in [0.4, 0.5) is 5.69 Å². The molecule has 2 rings (SSSR count). The number of hydrogen-bond donors (Lipinski definition) is 1. The summed E-state index contributed by atoms with van der Waals surface area (Å²) >= 11 is 0. The van der Waals surface area contributed by atoms with Crippen molar-refractivity contribution in [3.05, 3.63) is 30.3 Å². The van der Waals surface area contributed by atoms with E-state index >= 15 is 0 Å². The number of nitrogens with two attached hydrogens (primary N) is 1. The summed E-state index contributed by atoms with van der Waals surface area (Å²) in [6, 6.07) is 10.5. The third kappa shape index (κ3) is 1.74. The molecule has 15 heavy (non-hydrogen) atoms. The maximum atomic E-state index is 5.93. The third-order valence-electron chi connectivity index (χ3n) is 3.69. The van der Waals surface area contributed by atoms with E-state index in [1.165, 1.54) is 18.5 Å². The van der Waals surface area contributed by atoms with Crippen molar-refractivity contribution in [2.75, 3.05) is 18.5 Å². The fourth-order valence-electron chi connectivity index (χ4n) is 2.74. The van der Waals surface area contributed by atoms with Crippen LogP contribution >= 0.6 is 0 Å². The zero-order valence-electron chi connectivity index (χ0n) is 9.61. The minimum absolute atomic E-state index is 0.209. The number of anilines is 1. The molecule has 0 bridgehead atoms. The Bertz CT molecular complexity index is 315. The van der Waals surface area contributed by atoms with Crippen molar-refractivity contribution in [2.24, 2.45) is 11.7 Å². The molecule has 0 unspecified atom stereocenters. The molecule has 1 saturated carbocycles. The molecule has 1 aromatic rings. The maximum Gasteiger partial charge on any atom is 0.0526 e. The molecule has 2 nitrogen and oxygen atoms in total. The quantitative estimate of drug-likeness (QED) is 0.818. The molecule has 0 heterocycles.